The van der Waals surface area contributed by atoms with Gasteiger partial charge in [-0.05, 0) is 12.5 Å². The number of carbonyl (C=O) groups excluding carboxylic acids is 1. The monoisotopic (exact) mass is 335 g/mol. The van der Waals surface area contributed by atoms with E-state index in [1.807, 2.05) is 37.3 Å². The minimum Gasteiger partial charge on any atom is -0.462 e. The van der Waals surface area contributed by atoms with E-state index in [1.54, 1.807) is 6.92 Å². The summed E-state index contributed by atoms with van der Waals surface area (Å²) >= 11 is 0. The molecule has 0 aliphatic heterocycles. The number of pyridine rings is 1. The number of hydrogen-bond donors (Lipinski definition) is 2. The van der Waals surface area contributed by atoms with Crippen LogP contribution in [0.3, 0.4) is 0 Å². The van der Waals surface area contributed by atoms with E-state index in [-0.39, 0.29) is 29.0 Å². The van der Waals surface area contributed by atoms with Gasteiger partial charge in [-0.25, -0.2) is 4.79 Å². The van der Waals surface area contributed by atoms with Gasteiger partial charge in [-0.2, -0.15) is 5.26 Å². The van der Waals surface area contributed by atoms with Crippen LogP contribution in [0.2, 0.25) is 0 Å². The molecule has 0 amide bonds. The van der Waals surface area contributed by atoms with Gasteiger partial charge in [-0.1, -0.05) is 37.3 Å². The molecule has 2 aromatic heterocycles. The highest BCUT2D eigenvalue weighted by atomic mass is 16.5. The Kier molecular flexibility index (Phi) is 4.40. The molecule has 0 bridgehead atoms. The van der Waals surface area contributed by atoms with Crippen molar-refractivity contribution in [1.82, 2.24) is 9.97 Å². The van der Waals surface area contributed by atoms with Gasteiger partial charge in [0.05, 0.1) is 17.6 Å². The predicted octanol–water partition coefficient (Wildman–Crippen LogP) is 3.06. The molecule has 6 heteroatoms. The first-order valence-corrected chi connectivity index (χ1v) is 7.97. The first-order chi connectivity index (χ1) is 12.1. The van der Waals surface area contributed by atoms with Crippen molar-refractivity contribution < 1.29 is 9.53 Å². The summed E-state index contributed by atoms with van der Waals surface area (Å²) in [5.41, 5.74) is 1.71. The highest BCUT2D eigenvalue weighted by Crippen LogP contribution is 2.29. The first kappa shape index (κ1) is 16.5. The van der Waals surface area contributed by atoms with Crippen molar-refractivity contribution in [3.63, 3.8) is 0 Å². The lowest BCUT2D eigenvalue weighted by Crippen LogP contribution is -2.18. The number of esters is 1. The number of nitrogens with zero attached hydrogens (tertiary/aromatic N) is 1. The summed E-state index contributed by atoms with van der Waals surface area (Å²) in [7, 11) is 0. The van der Waals surface area contributed by atoms with E-state index >= 15 is 0 Å². The molecule has 1 unspecified atom stereocenters. The van der Waals surface area contributed by atoms with Gasteiger partial charge in [0, 0.05) is 17.8 Å². The molecule has 6 nitrogen and oxygen atoms in total. The Morgan fingerprint density at radius 1 is 1.32 bits per heavy atom. The number of ether oxygens (including phenoxy) is 1. The topological polar surface area (TPSA) is 98.7 Å². The van der Waals surface area contributed by atoms with Gasteiger partial charge in [0.1, 0.15) is 17.3 Å². The van der Waals surface area contributed by atoms with Crippen LogP contribution in [-0.2, 0) is 4.74 Å². The van der Waals surface area contributed by atoms with Gasteiger partial charge in [-0.15, -0.1) is 0 Å². The molecule has 126 valence electrons. The molecule has 0 radical (unpaired) electrons. The van der Waals surface area contributed by atoms with Crippen LogP contribution in [0.25, 0.3) is 11.0 Å². The number of carbonyl (C=O) groups is 1. The number of rotatable bonds is 4. The quantitative estimate of drug-likeness (QED) is 0.716. The molecular weight excluding hydrogens is 318 g/mol. The minimum atomic E-state index is -0.701. The van der Waals surface area contributed by atoms with Crippen molar-refractivity contribution in [2.75, 3.05) is 6.61 Å². The summed E-state index contributed by atoms with van der Waals surface area (Å²) in [4.78, 5) is 30.7. The van der Waals surface area contributed by atoms with E-state index in [2.05, 4.69) is 16.0 Å². The van der Waals surface area contributed by atoms with Crippen LogP contribution < -0.4 is 5.43 Å². The van der Waals surface area contributed by atoms with Crippen molar-refractivity contribution in [1.29, 1.82) is 5.26 Å². The maximum Gasteiger partial charge on any atom is 0.343 e. The molecule has 0 saturated heterocycles. The predicted molar refractivity (Wildman–Crippen MR) is 93.5 cm³/mol. The van der Waals surface area contributed by atoms with Gasteiger partial charge >= 0.3 is 5.97 Å². The molecule has 3 rings (SSSR count). The van der Waals surface area contributed by atoms with Crippen molar-refractivity contribution in [2.24, 2.45) is 0 Å². The molecule has 2 heterocycles. The van der Waals surface area contributed by atoms with Gasteiger partial charge in [0.15, 0.2) is 0 Å². The molecule has 0 aliphatic carbocycles. The molecule has 2 N–H and O–H groups in total. The SMILES string of the molecule is CCOC(=O)c1c[nH]c2[nH]c(C(C)c3ccccc3)c(C#N)c2c1=O. The molecular formula is C19H17N3O3. The van der Waals surface area contributed by atoms with E-state index in [4.69, 9.17) is 4.74 Å². The van der Waals surface area contributed by atoms with Gasteiger partial charge in [0.25, 0.3) is 0 Å². The Labute approximate surface area is 144 Å². The molecule has 0 spiro atoms. The summed E-state index contributed by atoms with van der Waals surface area (Å²) in [6, 6.07) is 11.8. The van der Waals surface area contributed by atoms with Crippen molar-refractivity contribution in [3.8, 4) is 6.07 Å². The van der Waals surface area contributed by atoms with Crippen LogP contribution in [0, 0.1) is 11.3 Å². The molecule has 0 saturated carbocycles. The number of aromatic nitrogens is 2. The highest BCUT2D eigenvalue weighted by Gasteiger charge is 2.23. The van der Waals surface area contributed by atoms with Crippen LogP contribution in [0.4, 0.5) is 0 Å². The zero-order chi connectivity index (χ0) is 18.0. The standard InChI is InChI=1S/C19H17N3O3/c1-3-25-19(24)14-10-21-18-15(17(14)23)13(9-20)16(22-18)11(2)12-7-5-4-6-8-12/h4-8,10-11H,3H2,1-2H3,(H2,21,22,23). The van der Waals surface area contributed by atoms with E-state index in [9.17, 15) is 14.9 Å². The van der Waals surface area contributed by atoms with Crippen LogP contribution in [0.15, 0.2) is 41.3 Å². The normalized spacial score (nSPS) is 11.9. The summed E-state index contributed by atoms with van der Waals surface area (Å²) in [6.45, 7) is 3.80. The molecule has 0 fully saturated rings. The van der Waals surface area contributed by atoms with Gasteiger partial charge in [-0.3, -0.25) is 4.79 Å². The average molecular weight is 335 g/mol. The number of nitriles is 1. The minimum absolute atomic E-state index is 0.108. The van der Waals surface area contributed by atoms with Crippen molar-refractivity contribution >= 4 is 17.0 Å². The second-order valence-electron chi connectivity index (χ2n) is 5.66. The van der Waals surface area contributed by atoms with Crippen LogP contribution in [0.5, 0.6) is 0 Å². The zero-order valence-corrected chi connectivity index (χ0v) is 13.9. The zero-order valence-electron chi connectivity index (χ0n) is 13.9. The fourth-order valence-electron chi connectivity index (χ4n) is 2.91. The fraction of sp³-hybridized carbons (Fsp3) is 0.211. The van der Waals surface area contributed by atoms with Crippen LogP contribution >= 0.6 is 0 Å². The third kappa shape index (κ3) is 2.81. The summed E-state index contributed by atoms with van der Waals surface area (Å²) in [5, 5.41) is 9.81. The number of nitrogens with one attached hydrogen (secondary N) is 2. The summed E-state index contributed by atoms with van der Waals surface area (Å²) in [6.07, 6.45) is 1.32. The van der Waals surface area contributed by atoms with Crippen molar-refractivity contribution in [2.45, 2.75) is 19.8 Å². The van der Waals surface area contributed by atoms with E-state index in [0.717, 1.165) is 5.56 Å². The van der Waals surface area contributed by atoms with E-state index in [1.165, 1.54) is 6.20 Å². The smallest absolute Gasteiger partial charge is 0.343 e. The average Bonchev–Trinajstić information content (AvgIpc) is 3.01. The van der Waals surface area contributed by atoms with Crippen LogP contribution in [-0.4, -0.2) is 22.5 Å². The Morgan fingerprint density at radius 2 is 2.04 bits per heavy atom. The second-order valence-corrected chi connectivity index (χ2v) is 5.66. The van der Waals surface area contributed by atoms with E-state index < -0.39 is 11.4 Å². The Hall–Kier alpha value is -3.33. The lowest BCUT2D eigenvalue weighted by atomic mass is 9.95. The van der Waals surface area contributed by atoms with E-state index in [0.29, 0.717) is 11.3 Å². The maximum absolute atomic E-state index is 12.7. The fourth-order valence-corrected chi connectivity index (χ4v) is 2.91. The third-order valence-electron chi connectivity index (χ3n) is 4.20. The lowest BCUT2D eigenvalue weighted by Gasteiger charge is -2.10. The number of benzene rings is 1. The Bertz CT molecular complexity index is 1030. The number of aromatic amines is 2. The van der Waals surface area contributed by atoms with Gasteiger partial charge in [0.2, 0.25) is 5.43 Å². The molecule has 1 atom stereocenters. The Balaban J connectivity index is 2.20. The second kappa shape index (κ2) is 6.65. The highest BCUT2D eigenvalue weighted by molar-refractivity contribution is 5.95. The van der Waals surface area contributed by atoms with Gasteiger partial charge < -0.3 is 14.7 Å². The maximum atomic E-state index is 12.7. The summed E-state index contributed by atoms with van der Waals surface area (Å²) in [5.74, 6) is -0.810. The lowest BCUT2D eigenvalue weighted by molar-refractivity contribution is 0.0524. The number of fused-ring (bicyclic) bond motifs is 1. The third-order valence-corrected chi connectivity index (χ3v) is 4.20. The molecule has 0 aliphatic rings. The van der Waals surface area contributed by atoms with Crippen molar-refractivity contribution in [3.05, 3.63) is 69.1 Å². The molecule has 25 heavy (non-hydrogen) atoms. The summed E-state index contributed by atoms with van der Waals surface area (Å²) < 4.78 is 4.90. The number of hydrogen-bond acceptors (Lipinski definition) is 4. The molecule has 1 aromatic carbocycles. The van der Waals surface area contributed by atoms with Crippen LogP contribution in [0.1, 0.15) is 46.9 Å². The number of H-pyrrole nitrogens is 2. The largest absolute Gasteiger partial charge is 0.462 e. The molecule has 3 aromatic rings. The Morgan fingerprint density at radius 3 is 2.68 bits per heavy atom. The first-order valence-electron chi connectivity index (χ1n) is 7.97.